The van der Waals surface area contributed by atoms with E-state index in [0.717, 1.165) is 36.4 Å². The maximum Gasteiger partial charge on any atom is 0.270 e. The van der Waals surface area contributed by atoms with Gasteiger partial charge in [-0.2, -0.15) is 4.98 Å². The molecule has 27 heavy (non-hydrogen) atoms. The van der Waals surface area contributed by atoms with Crippen LogP contribution < -0.4 is 21.9 Å². The summed E-state index contributed by atoms with van der Waals surface area (Å²) in [5.74, 6) is 0.846. The van der Waals surface area contributed by atoms with Gasteiger partial charge in [0.2, 0.25) is 5.95 Å². The van der Waals surface area contributed by atoms with Crippen LogP contribution in [0.5, 0.6) is 0 Å². The lowest BCUT2D eigenvalue weighted by Gasteiger charge is -2.39. The molecule has 0 radical (unpaired) electrons. The van der Waals surface area contributed by atoms with Crippen LogP contribution >= 0.6 is 23.4 Å². The second kappa shape index (κ2) is 7.73. The number of nitrogens with two attached hydrogens (primary N) is 2. The Bertz CT molecular complexity index is 906. The lowest BCUT2D eigenvalue weighted by molar-refractivity contribution is 0.256. The van der Waals surface area contributed by atoms with Gasteiger partial charge in [-0.1, -0.05) is 42.4 Å². The molecule has 3 rings (SSSR count). The number of benzene rings is 1. The average Bonchev–Trinajstić information content (AvgIpc) is 2.66. The van der Waals surface area contributed by atoms with E-state index in [1.807, 2.05) is 25.1 Å². The van der Waals surface area contributed by atoms with Gasteiger partial charge in [-0.3, -0.25) is 9.36 Å². The number of nitrogen functional groups attached to an aromatic ring is 1. The van der Waals surface area contributed by atoms with Crippen molar-refractivity contribution in [1.29, 1.82) is 0 Å². The van der Waals surface area contributed by atoms with Crippen LogP contribution in [0.3, 0.4) is 0 Å². The van der Waals surface area contributed by atoms with Crippen molar-refractivity contribution in [2.45, 2.75) is 36.5 Å². The van der Waals surface area contributed by atoms with E-state index in [-0.39, 0.29) is 16.8 Å². The van der Waals surface area contributed by atoms with Crippen LogP contribution in [0.25, 0.3) is 0 Å². The second-order valence-electron chi connectivity index (χ2n) is 7.48. The number of hydrogen-bond donors (Lipinski definition) is 2. The molecule has 2 heterocycles. The molecule has 1 saturated heterocycles. The number of nitrogens with zero attached hydrogens (tertiary/aromatic N) is 3. The summed E-state index contributed by atoms with van der Waals surface area (Å²) in [6, 6.07) is 5.72. The molecule has 0 atom stereocenters. The predicted octanol–water partition coefficient (Wildman–Crippen LogP) is 3.04. The van der Waals surface area contributed by atoms with Crippen molar-refractivity contribution >= 4 is 35.1 Å². The summed E-state index contributed by atoms with van der Waals surface area (Å²) in [6.07, 6.45) is 1.93. The summed E-state index contributed by atoms with van der Waals surface area (Å²) in [6.45, 7) is 6.42. The number of aryl methyl sites for hydroxylation is 1. The predicted molar refractivity (Wildman–Crippen MR) is 113 cm³/mol. The maximum atomic E-state index is 13.0. The van der Waals surface area contributed by atoms with Gasteiger partial charge >= 0.3 is 0 Å². The molecule has 0 unspecified atom stereocenters. The van der Waals surface area contributed by atoms with E-state index in [1.54, 1.807) is 11.6 Å². The first kappa shape index (κ1) is 20.0. The van der Waals surface area contributed by atoms with Crippen LogP contribution in [0.2, 0.25) is 5.02 Å². The quantitative estimate of drug-likeness (QED) is 0.809. The highest BCUT2D eigenvalue weighted by molar-refractivity contribution is 7.99. The van der Waals surface area contributed by atoms with E-state index < -0.39 is 0 Å². The number of halogens is 1. The minimum atomic E-state index is -0.160. The highest BCUT2D eigenvalue weighted by Crippen LogP contribution is 2.36. The van der Waals surface area contributed by atoms with Gasteiger partial charge in [0.05, 0.1) is 5.02 Å². The summed E-state index contributed by atoms with van der Waals surface area (Å²) >= 11 is 7.64. The van der Waals surface area contributed by atoms with Gasteiger partial charge in [-0.15, -0.1) is 0 Å². The fourth-order valence-electron chi connectivity index (χ4n) is 3.22. The average molecular weight is 408 g/mol. The molecule has 0 spiro atoms. The monoisotopic (exact) mass is 407 g/mol. The van der Waals surface area contributed by atoms with Gasteiger partial charge in [0.25, 0.3) is 5.56 Å². The third-order valence-electron chi connectivity index (χ3n) is 5.37. The van der Waals surface area contributed by atoms with E-state index in [9.17, 15) is 4.79 Å². The Morgan fingerprint density at radius 1 is 1.33 bits per heavy atom. The number of piperidine rings is 1. The zero-order valence-electron chi connectivity index (χ0n) is 16.0. The zero-order valence-corrected chi connectivity index (χ0v) is 17.5. The van der Waals surface area contributed by atoms with E-state index >= 15 is 0 Å². The van der Waals surface area contributed by atoms with Gasteiger partial charge < -0.3 is 16.4 Å². The molecule has 0 saturated carbocycles. The fraction of sp³-hybridized carbons (Fsp3) is 0.474. The van der Waals surface area contributed by atoms with Crippen LogP contribution in [0.4, 0.5) is 11.8 Å². The molecule has 8 heteroatoms. The minimum absolute atomic E-state index is 0.151. The first-order chi connectivity index (χ1) is 12.8. The van der Waals surface area contributed by atoms with E-state index in [4.69, 9.17) is 23.1 Å². The molecular weight excluding hydrogens is 382 g/mol. The van der Waals surface area contributed by atoms with Gasteiger partial charge in [-0.05, 0) is 43.4 Å². The maximum absolute atomic E-state index is 13.0. The molecular formula is C19H26ClN5OS. The lowest BCUT2D eigenvalue weighted by atomic mass is 9.81. The zero-order chi connectivity index (χ0) is 19.8. The molecule has 0 bridgehead atoms. The smallest absolute Gasteiger partial charge is 0.270 e. The molecule has 1 fully saturated rings. The van der Waals surface area contributed by atoms with Crippen LogP contribution in [0, 0.1) is 12.3 Å². The fourth-order valence-corrected chi connectivity index (χ4v) is 4.46. The molecule has 1 aromatic carbocycles. The molecule has 146 valence electrons. The topological polar surface area (TPSA) is 90.2 Å². The van der Waals surface area contributed by atoms with E-state index in [2.05, 4.69) is 16.8 Å². The molecule has 0 aliphatic carbocycles. The Kier molecular flexibility index (Phi) is 5.74. The Labute approximate surface area is 168 Å². The lowest BCUT2D eigenvalue weighted by Crippen LogP contribution is -2.44. The number of anilines is 2. The van der Waals surface area contributed by atoms with Crippen molar-refractivity contribution in [2.24, 2.45) is 18.2 Å². The number of hydrogen-bond acceptors (Lipinski definition) is 6. The molecule has 1 aliphatic heterocycles. The summed E-state index contributed by atoms with van der Waals surface area (Å²) in [7, 11) is 1.74. The largest absolute Gasteiger partial charge is 0.382 e. The van der Waals surface area contributed by atoms with Crippen molar-refractivity contribution in [3.05, 3.63) is 39.1 Å². The SMILES string of the molecule is Cc1cccc(Sc2c(N)nc(N3CCC(C)(CN)CC3)n(C)c2=O)c1Cl. The molecule has 4 N–H and O–H groups in total. The van der Waals surface area contributed by atoms with Crippen LogP contribution in [-0.4, -0.2) is 29.2 Å². The molecule has 2 aromatic rings. The molecule has 6 nitrogen and oxygen atoms in total. The normalized spacial score (nSPS) is 16.6. The molecule has 1 aromatic heterocycles. The van der Waals surface area contributed by atoms with Crippen LogP contribution in [-0.2, 0) is 7.05 Å². The van der Waals surface area contributed by atoms with E-state index in [1.165, 1.54) is 11.8 Å². The number of rotatable bonds is 4. The highest BCUT2D eigenvalue weighted by atomic mass is 35.5. The summed E-state index contributed by atoms with van der Waals surface area (Å²) in [5.41, 5.74) is 13.0. The minimum Gasteiger partial charge on any atom is -0.382 e. The van der Waals surface area contributed by atoms with Gasteiger partial charge in [0, 0.05) is 25.0 Å². The Morgan fingerprint density at radius 2 is 2.00 bits per heavy atom. The summed E-state index contributed by atoms with van der Waals surface area (Å²) in [5, 5.41) is 0.630. The number of aromatic nitrogens is 2. The molecule has 0 amide bonds. The second-order valence-corrected chi connectivity index (χ2v) is 8.91. The third kappa shape index (κ3) is 3.95. The Balaban J connectivity index is 1.91. The molecule has 1 aliphatic rings. The van der Waals surface area contributed by atoms with Crippen LogP contribution in [0.1, 0.15) is 25.3 Å². The van der Waals surface area contributed by atoms with Crippen molar-refractivity contribution < 1.29 is 0 Å². The first-order valence-corrected chi connectivity index (χ1v) is 10.2. The Morgan fingerprint density at radius 3 is 2.63 bits per heavy atom. The summed E-state index contributed by atoms with van der Waals surface area (Å²) in [4.78, 5) is 20.8. The van der Waals surface area contributed by atoms with Crippen molar-refractivity contribution in [1.82, 2.24) is 9.55 Å². The van der Waals surface area contributed by atoms with Gasteiger partial charge in [0.1, 0.15) is 10.7 Å². The van der Waals surface area contributed by atoms with Crippen LogP contribution in [0.15, 0.2) is 32.8 Å². The highest BCUT2D eigenvalue weighted by Gasteiger charge is 2.30. The van der Waals surface area contributed by atoms with Gasteiger partial charge in [0.15, 0.2) is 0 Å². The van der Waals surface area contributed by atoms with Crippen molar-refractivity contribution in [3.8, 4) is 0 Å². The van der Waals surface area contributed by atoms with Crippen molar-refractivity contribution in [3.63, 3.8) is 0 Å². The van der Waals surface area contributed by atoms with E-state index in [0.29, 0.717) is 22.4 Å². The van der Waals surface area contributed by atoms with Crippen molar-refractivity contribution in [2.75, 3.05) is 30.3 Å². The summed E-state index contributed by atoms with van der Waals surface area (Å²) < 4.78 is 1.58. The standard InChI is InChI=1S/C19H26ClN5OS/c1-12-5-4-6-13(14(12)20)27-15-16(22)23-18(24(3)17(15)26)25-9-7-19(2,11-21)8-10-25/h4-6H,7-11,21-22H2,1-3H3. The van der Waals surface area contributed by atoms with Gasteiger partial charge in [-0.25, -0.2) is 0 Å². The first-order valence-electron chi connectivity index (χ1n) is 9.00. The Hall–Kier alpha value is -1.70. The third-order valence-corrected chi connectivity index (χ3v) is 7.13.